The standard InChI is InChI=1S/C21H16BrClN2O4/c1-2-21(28)15-6-17-18-13(8-25(17)19(26)14(15)9-29-20(21)27)12(7-23)11-5-10(22)3-4-16(11)24-18/h3-6,28H,2,7-9H2,1H3. The molecule has 1 aromatic carbocycles. The second kappa shape index (κ2) is 6.39. The first-order valence-corrected chi connectivity index (χ1v) is 10.6. The molecule has 4 heterocycles. The highest BCUT2D eigenvalue weighted by molar-refractivity contribution is 9.10. The molecule has 0 saturated heterocycles. The number of halogens is 2. The van der Waals surface area contributed by atoms with Crippen molar-refractivity contribution in [3.63, 3.8) is 0 Å². The maximum atomic E-state index is 13.2. The van der Waals surface area contributed by atoms with Crippen LogP contribution in [0.3, 0.4) is 0 Å². The predicted molar refractivity (Wildman–Crippen MR) is 112 cm³/mol. The first-order valence-electron chi connectivity index (χ1n) is 9.23. The van der Waals surface area contributed by atoms with Crippen LogP contribution in [0.5, 0.6) is 0 Å². The van der Waals surface area contributed by atoms with Gasteiger partial charge in [0.15, 0.2) is 5.60 Å². The number of cyclic esters (lactones) is 1. The Balaban J connectivity index is 1.84. The first-order chi connectivity index (χ1) is 13.9. The van der Waals surface area contributed by atoms with Crippen LogP contribution in [0.2, 0.25) is 0 Å². The molecule has 8 heteroatoms. The minimum absolute atomic E-state index is 0.112. The molecule has 3 aromatic rings. The van der Waals surface area contributed by atoms with Gasteiger partial charge in [-0.2, -0.15) is 0 Å². The number of benzene rings is 1. The number of nitrogens with zero attached hydrogens (tertiary/aromatic N) is 2. The number of fused-ring (bicyclic) bond motifs is 5. The van der Waals surface area contributed by atoms with Crippen LogP contribution in [0.15, 0.2) is 33.5 Å². The molecule has 0 amide bonds. The number of hydrogen-bond acceptors (Lipinski definition) is 5. The molecule has 1 unspecified atom stereocenters. The molecule has 0 aliphatic carbocycles. The van der Waals surface area contributed by atoms with Crippen molar-refractivity contribution in [2.75, 3.05) is 0 Å². The molecule has 29 heavy (non-hydrogen) atoms. The minimum Gasteiger partial charge on any atom is -0.458 e. The Bertz CT molecular complexity index is 1290. The third-order valence-corrected chi connectivity index (χ3v) is 6.66. The van der Waals surface area contributed by atoms with E-state index in [0.717, 1.165) is 26.5 Å². The number of carbonyl (C=O) groups is 1. The van der Waals surface area contributed by atoms with Crippen LogP contribution in [-0.2, 0) is 34.2 Å². The van der Waals surface area contributed by atoms with E-state index in [2.05, 4.69) is 15.9 Å². The molecule has 2 aromatic heterocycles. The fourth-order valence-corrected chi connectivity index (χ4v) is 4.95. The second-order valence-corrected chi connectivity index (χ2v) is 8.50. The summed E-state index contributed by atoms with van der Waals surface area (Å²) >= 11 is 9.79. The molecule has 1 N–H and O–H groups in total. The summed E-state index contributed by atoms with van der Waals surface area (Å²) in [7, 11) is 0. The number of hydrogen-bond donors (Lipinski definition) is 1. The minimum atomic E-state index is -1.83. The van der Waals surface area contributed by atoms with Gasteiger partial charge >= 0.3 is 5.97 Å². The number of ether oxygens (including phenoxy) is 1. The molecule has 2 aliphatic heterocycles. The summed E-state index contributed by atoms with van der Waals surface area (Å²) in [6.45, 7) is 1.88. The Labute approximate surface area is 179 Å². The average molecular weight is 476 g/mol. The zero-order valence-electron chi connectivity index (χ0n) is 15.5. The number of aliphatic hydroxyl groups is 1. The van der Waals surface area contributed by atoms with Crippen molar-refractivity contribution in [3.05, 3.63) is 61.3 Å². The van der Waals surface area contributed by atoms with E-state index in [1.165, 1.54) is 0 Å². The number of alkyl halides is 1. The van der Waals surface area contributed by atoms with E-state index >= 15 is 0 Å². The summed E-state index contributed by atoms with van der Waals surface area (Å²) in [5.74, 6) is -0.450. The Morgan fingerprint density at radius 3 is 2.83 bits per heavy atom. The van der Waals surface area contributed by atoms with Crippen LogP contribution in [0, 0.1) is 0 Å². The molecule has 0 radical (unpaired) electrons. The number of esters is 1. The van der Waals surface area contributed by atoms with Gasteiger partial charge in [-0.1, -0.05) is 22.9 Å². The molecule has 1 atom stereocenters. The van der Waals surface area contributed by atoms with Gasteiger partial charge in [0.25, 0.3) is 5.56 Å². The van der Waals surface area contributed by atoms with Gasteiger partial charge < -0.3 is 14.4 Å². The van der Waals surface area contributed by atoms with Crippen molar-refractivity contribution < 1.29 is 14.6 Å². The normalized spacial score (nSPS) is 19.7. The summed E-state index contributed by atoms with van der Waals surface area (Å²) in [4.78, 5) is 30.3. The maximum Gasteiger partial charge on any atom is 0.343 e. The van der Waals surface area contributed by atoms with Gasteiger partial charge in [0, 0.05) is 26.9 Å². The summed E-state index contributed by atoms with van der Waals surface area (Å²) in [5, 5.41) is 11.9. The van der Waals surface area contributed by atoms with Crippen molar-refractivity contribution in [2.24, 2.45) is 0 Å². The van der Waals surface area contributed by atoms with Crippen LogP contribution in [0.1, 0.15) is 35.6 Å². The summed E-state index contributed by atoms with van der Waals surface area (Å²) < 4.78 is 7.65. The zero-order chi connectivity index (χ0) is 20.5. The van der Waals surface area contributed by atoms with Crippen LogP contribution < -0.4 is 5.56 Å². The topological polar surface area (TPSA) is 81.4 Å². The van der Waals surface area contributed by atoms with E-state index in [9.17, 15) is 14.7 Å². The number of carbonyl (C=O) groups excluding carboxylic acids is 1. The summed E-state index contributed by atoms with van der Waals surface area (Å²) in [6, 6.07) is 7.48. The lowest BCUT2D eigenvalue weighted by Crippen LogP contribution is -2.44. The quantitative estimate of drug-likeness (QED) is 0.354. The van der Waals surface area contributed by atoms with Gasteiger partial charge in [-0.25, -0.2) is 9.78 Å². The lowest BCUT2D eigenvalue weighted by Gasteiger charge is -2.31. The van der Waals surface area contributed by atoms with E-state index in [-0.39, 0.29) is 24.5 Å². The molecular weight excluding hydrogens is 460 g/mol. The molecule has 0 fully saturated rings. The number of aromatic nitrogens is 2. The third-order valence-electron chi connectivity index (χ3n) is 5.90. The van der Waals surface area contributed by atoms with Crippen molar-refractivity contribution in [1.82, 2.24) is 9.55 Å². The average Bonchev–Trinajstić information content (AvgIpc) is 3.08. The molecule has 148 valence electrons. The van der Waals surface area contributed by atoms with E-state index in [1.807, 2.05) is 18.2 Å². The first kappa shape index (κ1) is 18.8. The Kier molecular flexibility index (Phi) is 4.14. The highest BCUT2D eigenvalue weighted by Gasteiger charge is 2.45. The molecular formula is C21H16BrClN2O4. The van der Waals surface area contributed by atoms with Gasteiger partial charge in [0.1, 0.15) is 6.61 Å². The van der Waals surface area contributed by atoms with Crippen LogP contribution in [0.25, 0.3) is 22.3 Å². The Morgan fingerprint density at radius 2 is 2.10 bits per heavy atom. The SMILES string of the molecule is CCC1(O)C(=O)OCc2c1cc1n(c2=O)Cc2c-1nc1ccc(Br)cc1c2CCl. The van der Waals surface area contributed by atoms with Gasteiger partial charge in [-0.05, 0) is 36.2 Å². The van der Waals surface area contributed by atoms with Crippen LogP contribution in [-0.4, -0.2) is 20.6 Å². The fourth-order valence-electron chi connectivity index (χ4n) is 4.29. The van der Waals surface area contributed by atoms with E-state index < -0.39 is 11.6 Å². The Hall–Kier alpha value is -2.22. The second-order valence-electron chi connectivity index (χ2n) is 7.32. The highest BCUT2D eigenvalue weighted by Crippen LogP contribution is 2.40. The summed E-state index contributed by atoms with van der Waals surface area (Å²) in [6.07, 6.45) is 0.112. The van der Waals surface area contributed by atoms with Crippen molar-refractivity contribution in [1.29, 1.82) is 0 Å². The number of pyridine rings is 2. The van der Waals surface area contributed by atoms with Crippen molar-refractivity contribution >= 4 is 44.4 Å². The highest BCUT2D eigenvalue weighted by atomic mass is 79.9. The van der Waals surface area contributed by atoms with Gasteiger partial charge in [0.05, 0.1) is 29.0 Å². The molecule has 0 spiro atoms. The van der Waals surface area contributed by atoms with Gasteiger partial charge in [-0.3, -0.25) is 4.79 Å². The zero-order valence-corrected chi connectivity index (χ0v) is 17.8. The largest absolute Gasteiger partial charge is 0.458 e. The predicted octanol–water partition coefficient (Wildman–Crippen LogP) is 3.58. The number of rotatable bonds is 2. The van der Waals surface area contributed by atoms with Crippen LogP contribution >= 0.6 is 27.5 Å². The molecule has 5 rings (SSSR count). The third kappa shape index (κ3) is 2.47. The van der Waals surface area contributed by atoms with Crippen molar-refractivity contribution in [2.45, 2.75) is 38.0 Å². The lowest BCUT2D eigenvalue weighted by atomic mass is 9.86. The lowest BCUT2D eigenvalue weighted by molar-refractivity contribution is -0.172. The fraction of sp³-hybridized carbons (Fsp3) is 0.286. The molecule has 0 saturated carbocycles. The molecule has 0 bridgehead atoms. The molecule has 2 aliphatic rings. The van der Waals surface area contributed by atoms with Gasteiger partial charge in [-0.15, -0.1) is 11.6 Å². The van der Waals surface area contributed by atoms with E-state index in [0.29, 0.717) is 29.1 Å². The van der Waals surface area contributed by atoms with E-state index in [4.69, 9.17) is 21.3 Å². The van der Waals surface area contributed by atoms with Crippen molar-refractivity contribution in [3.8, 4) is 11.4 Å². The Morgan fingerprint density at radius 1 is 1.31 bits per heavy atom. The maximum absolute atomic E-state index is 13.2. The van der Waals surface area contributed by atoms with Gasteiger partial charge in [0.2, 0.25) is 0 Å². The van der Waals surface area contributed by atoms with E-state index in [1.54, 1.807) is 17.6 Å². The smallest absolute Gasteiger partial charge is 0.343 e. The monoisotopic (exact) mass is 474 g/mol. The molecule has 6 nitrogen and oxygen atoms in total. The van der Waals surface area contributed by atoms with Crippen LogP contribution in [0.4, 0.5) is 0 Å². The summed E-state index contributed by atoms with van der Waals surface area (Å²) in [5.41, 5.74) is 2.34.